The van der Waals surface area contributed by atoms with Crippen molar-refractivity contribution < 1.29 is 31.5 Å². The number of hydrogen-bond acceptors (Lipinski definition) is 4. The van der Waals surface area contributed by atoms with Crippen molar-refractivity contribution in [1.29, 1.82) is 0 Å². The summed E-state index contributed by atoms with van der Waals surface area (Å²) in [6, 6.07) is 4.27. The summed E-state index contributed by atoms with van der Waals surface area (Å²) in [7, 11) is 0. The van der Waals surface area contributed by atoms with Gasteiger partial charge in [-0.1, -0.05) is 12.1 Å². The Bertz CT molecular complexity index is 1340. The number of benzene rings is 1. The van der Waals surface area contributed by atoms with Crippen LogP contribution in [0.25, 0.3) is 10.9 Å². The lowest BCUT2D eigenvalue weighted by Gasteiger charge is -2.36. The Morgan fingerprint density at radius 2 is 1.88 bits per heavy atom. The monoisotopic (exact) mass is 584 g/mol. The van der Waals surface area contributed by atoms with Crippen LogP contribution in [-0.4, -0.2) is 65.6 Å². The number of dihydropyridines is 1. The molecule has 0 radical (unpaired) electrons. The molecule has 1 fully saturated rings. The van der Waals surface area contributed by atoms with Crippen LogP contribution in [0.2, 0.25) is 0 Å². The van der Waals surface area contributed by atoms with Gasteiger partial charge in [0.05, 0.1) is 18.0 Å². The number of thioether (sulfide) groups is 1. The molecule has 0 spiro atoms. The van der Waals surface area contributed by atoms with Gasteiger partial charge in [0.15, 0.2) is 0 Å². The summed E-state index contributed by atoms with van der Waals surface area (Å²) in [5.74, 6) is -1.60. The summed E-state index contributed by atoms with van der Waals surface area (Å²) in [4.78, 5) is 32.3. The van der Waals surface area contributed by atoms with E-state index < -0.39 is 31.0 Å². The minimum atomic E-state index is -4.26. The van der Waals surface area contributed by atoms with Crippen molar-refractivity contribution in [1.82, 2.24) is 14.8 Å². The molecule has 12 heteroatoms. The standard InChI is InChI=1S/C28H33F5N4O2S/c1-15-12-22(40-4)20(26(38)35-15)13-34-27(39)23-17(3)37(21-7-5-6-19(24(21)23)25(29)30)16(2)18-8-10-36(11-9-18)14-28(31,32)33/h5-7,12,16,18,20,25H,8-11,13-14H2,1-4H3,(H,34,39)/t16-,20?/m1/s1. The average Bonchev–Trinajstić information content (AvgIpc) is 3.18. The fourth-order valence-corrected chi connectivity index (χ4v) is 6.70. The van der Waals surface area contributed by atoms with E-state index in [1.54, 1.807) is 26.0 Å². The normalized spacial score (nSPS) is 20.1. The molecule has 0 saturated carbocycles. The molecule has 2 aromatic rings. The van der Waals surface area contributed by atoms with Crippen molar-refractivity contribution in [3.63, 3.8) is 0 Å². The lowest BCUT2D eigenvalue weighted by Crippen LogP contribution is -2.41. The zero-order chi connectivity index (χ0) is 29.4. The SMILES string of the molecule is CSC1=CC(C)=NC(=O)C1CNC(=O)c1c(C)n([C@H](C)C2CCN(CC(F)(F)F)CC2)c2cccc(C(F)F)c12. The van der Waals surface area contributed by atoms with Crippen LogP contribution in [0, 0.1) is 18.8 Å². The van der Waals surface area contributed by atoms with Crippen molar-refractivity contribution in [3.8, 4) is 0 Å². The van der Waals surface area contributed by atoms with Crippen molar-refractivity contribution in [2.45, 2.75) is 52.3 Å². The summed E-state index contributed by atoms with van der Waals surface area (Å²) >= 11 is 1.39. The molecule has 218 valence electrons. The largest absolute Gasteiger partial charge is 0.401 e. The summed E-state index contributed by atoms with van der Waals surface area (Å²) in [6.45, 7) is 4.92. The molecule has 1 saturated heterocycles. The van der Waals surface area contributed by atoms with Gasteiger partial charge in [-0.05, 0) is 71.0 Å². The molecule has 4 rings (SSSR count). The van der Waals surface area contributed by atoms with E-state index in [-0.39, 0.29) is 54.0 Å². The van der Waals surface area contributed by atoms with Gasteiger partial charge in [-0.25, -0.2) is 13.8 Å². The van der Waals surface area contributed by atoms with E-state index in [9.17, 15) is 31.5 Å². The zero-order valence-electron chi connectivity index (χ0n) is 22.8. The maximum Gasteiger partial charge on any atom is 0.401 e. The molecule has 6 nitrogen and oxygen atoms in total. The Morgan fingerprint density at radius 1 is 1.20 bits per heavy atom. The molecule has 0 aliphatic carbocycles. The first-order chi connectivity index (χ1) is 18.8. The van der Waals surface area contributed by atoms with Crippen LogP contribution in [-0.2, 0) is 4.79 Å². The summed E-state index contributed by atoms with van der Waals surface area (Å²) in [6.07, 6.45) is -2.45. The smallest absolute Gasteiger partial charge is 0.351 e. The fourth-order valence-electron chi connectivity index (χ4n) is 5.94. The molecule has 40 heavy (non-hydrogen) atoms. The van der Waals surface area contributed by atoms with Gasteiger partial charge in [0.1, 0.15) is 0 Å². The van der Waals surface area contributed by atoms with Gasteiger partial charge in [-0.15, -0.1) is 11.8 Å². The number of carbonyl (C=O) groups is 2. The van der Waals surface area contributed by atoms with E-state index in [0.29, 0.717) is 29.8 Å². The minimum absolute atomic E-state index is 0.000127. The van der Waals surface area contributed by atoms with E-state index in [1.807, 2.05) is 17.7 Å². The quantitative estimate of drug-likeness (QED) is 0.369. The molecule has 2 aliphatic heterocycles. The van der Waals surface area contributed by atoms with Crippen LogP contribution in [0.15, 0.2) is 34.2 Å². The molecule has 2 aliphatic rings. The Hall–Kier alpha value is -2.73. The van der Waals surface area contributed by atoms with Crippen molar-refractivity contribution in [3.05, 3.63) is 46.0 Å². The van der Waals surface area contributed by atoms with Gasteiger partial charge in [-0.2, -0.15) is 13.2 Å². The second kappa shape index (κ2) is 12.0. The number of nitrogens with zero attached hydrogens (tertiary/aromatic N) is 3. The van der Waals surface area contributed by atoms with Gasteiger partial charge in [0.2, 0.25) is 0 Å². The van der Waals surface area contributed by atoms with E-state index >= 15 is 0 Å². The van der Waals surface area contributed by atoms with Crippen molar-refractivity contribution in [2.24, 2.45) is 16.8 Å². The zero-order valence-corrected chi connectivity index (χ0v) is 23.6. The summed E-state index contributed by atoms with van der Waals surface area (Å²) < 4.78 is 68.8. The van der Waals surface area contributed by atoms with Crippen LogP contribution in [0.5, 0.6) is 0 Å². The average molecular weight is 585 g/mol. The topological polar surface area (TPSA) is 66.7 Å². The number of halogens is 5. The van der Waals surface area contributed by atoms with Gasteiger partial charge >= 0.3 is 6.18 Å². The maximum atomic E-state index is 14.2. The van der Waals surface area contributed by atoms with Crippen LogP contribution in [0.1, 0.15) is 60.8 Å². The number of aliphatic imine (C=N–C) groups is 1. The second-order valence-electron chi connectivity index (χ2n) is 10.4. The van der Waals surface area contributed by atoms with Crippen LogP contribution in [0.3, 0.4) is 0 Å². The molecule has 1 aromatic heterocycles. The van der Waals surface area contributed by atoms with Crippen LogP contribution < -0.4 is 5.32 Å². The number of likely N-dealkylation sites (tertiary alicyclic amines) is 1. The number of piperidine rings is 1. The van der Waals surface area contributed by atoms with Gasteiger partial charge in [0.25, 0.3) is 18.2 Å². The Morgan fingerprint density at radius 3 is 2.48 bits per heavy atom. The van der Waals surface area contributed by atoms with Gasteiger partial charge < -0.3 is 9.88 Å². The first-order valence-electron chi connectivity index (χ1n) is 13.2. The number of nitrogens with one attached hydrogen (secondary N) is 1. The molecule has 0 bridgehead atoms. The Balaban J connectivity index is 1.64. The third-order valence-corrected chi connectivity index (χ3v) is 8.75. The molecule has 1 aromatic carbocycles. The first-order valence-corrected chi connectivity index (χ1v) is 14.4. The number of rotatable bonds is 8. The lowest BCUT2D eigenvalue weighted by molar-refractivity contribution is -0.149. The van der Waals surface area contributed by atoms with E-state index in [0.717, 1.165) is 4.91 Å². The number of fused-ring (bicyclic) bond motifs is 1. The van der Waals surface area contributed by atoms with E-state index in [4.69, 9.17) is 0 Å². The number of aromatic nitrogens is 1. The lowest BCUT2D eigenvalue weighted by atomic mass is 9.90. The molecule has 3 heterocycles. The van der Waals surface area contributed by atoms with Crippen molar-refractivity contribution >= 4 is 40.2 Å². The number of alkyl halides is 5. The fraction of sp³-hybridized carbons (Fsp3) is 0.536. The summed E-state index contributed by atoms with van der Waals surface area (Å²) in [5, 5.41) is 2.93. The van der Waals surface area contributed by atoms with Gasteiger partial charge in [0, 0.05) is 45.4 Å². The second-order valence-corrected chi connectivity index (χ2v) is 11.3. The minimum Gasteiger partial charge on any atom is -0.351 e. The third-order valence-electron chi connectivity index (χ3n) is 7.88. The highest BCUT2D eigenvalue weighted by Crippen LogP contribution is 2.39. The van der Waals surface area contributed by atoms with Crippen molar-refractivity contribution in [2.75, 3.05) is 32.4 Å². The Kier molecular flexibility index (Phi) is 9.08. The number of hydrogen-bond donors (Lipinski definition) is 1. The molecule has 1 N–H and O–H groups in total. The molecular formula is C28H33F5N4O2S. The van der Waals surface area contributed by atoms with Crippen LogP contribution >= 0.6 is 11.8 Å². The maximum absolute atomic E-state index is 14.2. The highest BCUT2D eigenvalue weighted by atomic mass is 32.2. The first kappa shape index (κ1) is 30.2. The predicted octanol–water partition coefficient (Wildman–Crippen LogP) is 6.32. The van der Waals surface area contributed by atoms with E-state index in [1.165, 1.54) is 28.8 Å². The Labute approximate surface area is 234 Å². The highest BCUT2D eigenvalue weighted by Gasteiger charge is 2.35. The number of carbonyl (C=O) groups excluding carboxylic acids is 2. The van der Waals surface area contributed by atoms with E-state index in [2.05, 4.69) is 10.3 Å². The summed E-state index contributed by atoms with van der Waals surface area (Å²) in [5.41, 5.74) is 1.40. The molecule has 2 amide bonds. The van der Waals surface area contributed by atoms with Gasteiger partial charge in [-0.3, -0.25) is 14.5 Å². The molecule has 2 atom stereocenters. The number of allylic oxidation sites excluding steroid dienone is 1. The predicted molar refractivity (Wildman–Crippen MR) is 147 cm³/mol. The molecule has 1 unspecified atom stereocenters. The molecular weight excluding hydrogens is 551 g/mol. The number of amides is 2. The highest BCUT2D eigenvalue weighted by molar-refractivity contribution is 8.02. The van der Waals surface area contributed by atoms with Crippen LogP contribution in [0.4, 0.5) is 22.0 Å². The third kappa shape index (κ3) is 6.27.